The molecule has 1 heterocycles. The van der Waals surface area contributed by atoms with Crippen molar-refractivity contribution in [2.24, 2.45) is 0 Å². The third-order valence-electron chi connectivity index (χ3n) is 4.10. The van der Waals surface area contributed by atoms with Crippen molar-refractivity contribution in [3.8, 4) is 0 Å². The molecule has 2 rings (SSSR count). The van der Waals surface area contributed by atoms with E-state index >= 15 is 0 Å². The van der Waals surface area contributed by atoms with Crippen LogP contribution in [0.1, 0.15) is 46.5 Å². The Morgan fingerprint density at radius 1 is 1.07 bits per heavy atom. The Morgan fingerprint density at radius 3 is 2.13 bits per heavy atom. The van der Waals surface area contributed by atoms with Crippen LogP contribution in [0.3, 0.4) is 0 Å². The second-order valence-electron chi connectivity index (χ2n) is 5.82. The minimum Gasteiger partial charge on any atom is -0.298 e. The van der Waals surface area contributed by atoms with Gasteiger partial charge >= 0.3 is 0 Å². The summed E-state index contributed by atoms with van der Waals surface area (Å²) < 4.78 is 0. The Bertz CT molecular complexity index is 201. The van der Waals surface area contributed by atoms with Crippen LogP contribution < -0.4 is 0 Å². The summed E-state index contributed by atoms with van der Waals surface area (Å²) in [5.74, 6) is 0. The molecule has 0 bridgehead atoms. The molecule has 0 unspecified atom stereocenters. The second-order valence-corrected chi connectivity index (χ2v) is 5.82. The molecule has 0 aromatic carbocycles. The van der Waals surface area contributed by atoms with E-state index in [1.165, 1.54) is 51.9 Å². The molecule has 1 aliphatic carbocycles. The third kappa shape index (κ3) is 2.73. The predicted molar refractivity (Wildman–Crippen MR) is 65.2 cm³/mol. The normalized spacial score (nSPS) is 25.8. The fraction of sp³-hybridized carbons (Fsp3) is 1.00. The minimum absolute atomic E-state index is 0.421. The van der Waals surface area contributed by atoms with Crippen LogP contribution in [0.15, 0.2) is 0 Å². The Hall–Kier alpha value is -0.0800. The van der Waals surface area contributed by atoms with Crippen LogP contribution in [0.4, 0.5) is 0 Å². The molecule has 1 saturated carbocycles. The fourth-order valence-electron chi connectivity index (χ4n) is 2.90. The topological polar surface area (TPSA) is 6.48 Å². The highest BCUT2D eigenvalue weighted by Gasteiger charge is 2.34. The molecule has 0 aromatic rings. The van der Waals surface area contributed by atoms with E-state index in [1.54, 1.807) is 0 Å². The highest BCUT2D eigenvalue weighted by Crippen LogP contribution is 2.29. The van der Waals surface area contributed by atoms with Crippen molar-refractivity contribution < 1.29 is 0 Å². The lowest BCUT2D eigenvalue weighted by Gasteiger charge is -2.44. The van der Waals surface area contributed by atoms with Gasteiger partial charge in [0.1, 0.15) is 0 Å². The van der Waals surface area contributed by atoms with Crippen molar-refractivity contribution in [2.45, 2.75) is 58.0 Å². The molecule has 0 atom stereocenters. The fourth-order valence-corrected chi connectivity index (χ4v) is 2.90. The number of hydrogen-bond acceptors (Lipinski definition) is 2. The SMILES string of the molecule is CCCC(C)(C)N1CCN(C2CC2)CC1. The summed E-state index contributed by atoms with van der Waals surface area (Å²) in [6.45, 7) is 12.3. The van der Waals surface area contributed by atoms with Gasteiger partial charge in [-0.15, -0.1) is 0 Å². The van der Waals surface area contributed by atoms with Crippen molar-refractivity contribution in [3.05, 3.63) is 0 Å². The summed E-state index contributed by atoms with van der Waals surface area (Å²) in [7, 11) is 0. The van der Waals surface area contributed by atoms with E-state index in [0.717, 1.165) is 6.04 Å². The number of rotatable bonds is 4. The molecule has 2 nitrogen and oxygen atoms in total. The van der Waals surface area contributed by atoms with E-state index in [1.807, 2.05) is 0 Å². The molecule has 0 aromatic heterocycles. The number of nitrogens with zero attached hydrogens (tertiary/aromatic N) is 2. The Labute approximate surface area is 94.6 Å². The van der Waals surface area contributed by atoms with Crippen LogP contribution >= 0.6 is 0 Å². The molecule has 0 amide bonds. The lowest BCUT2D eigenvalue weighted by Crippen LogP contribution is -2.54. The van der Waals surface area contributed by atoms with E-state index < -0.39 is 0 Å². The van der Waals surface area contributed by atoms with Gasteiger partial charge in [0, 0.05) is 37.8 Å². The molecule has 0 N–H and O–H groups in total. The third-order valence-corrected chi connectivity index (χ3v) is 4.10. The smallest absolute Gasteiger partial charge is 0.0154 e. The second kappa shape index (κ2) is 4.42. The van der Waals surface area contributed by atoms with Crippen LogP contribution in [0.25, 0.3) is 0 Å². The maximum absolute atomic E-state index is 2.69. The molecule has 0 radical (unpaired) electrons. The molecule has 0 spiro atoms. The van der Waals surface area contributed by atoms with E-state index in [9.17, 15) is 0 Å². The predicted octanol–water partition coefficient (Wildman–Crippen LogP) is 2.35. The van der Waals surface area contributed by atoms with Gasteiger partial charge in [-0.2, -0.15) is 0 Å². The first kappa shape index (κ1) is 11.4. The van der Waals surface area contributed by atoms with E-state index in [0.29, 0.717) is 5.54 Å². The molecular weight excluding hydrogens is 184 g/mol. The highest BCUT2D eigenvalue weighted by atomic mass is 15.3. The van der Waals surface area contributed by atoms with Crippen LogP contribution in [0.5, 0.6) is 0 Å². The number of hydrogen-bond donors (Lipinski definition) is 0. The molecule has 2 fully saturated rings. The molecule has 2 aliphatic rings. The van der Waals surface area contributed by atoms with E-state index in [4.69, 9.17) is 0 Å². The van der Waals surface area contributed by atoms with E-state index in [-0.39, 0.29) is 0 Å². The lowest BCUT2D eigenvalue weighted by molar-refractivity contribution is 0.0438. The summed E-state index contributed by atoms with van der Waals surface area (Å²) in [5.41, 5.74) is 0.421. The first-order valence-electron chi connectivity index (χ1n) is 6.62. The van der Waals surface area contributed by atoms with Crippen LogP contribution in [0.2, 0.25) is 0 Å². The quantitative estimate of drug-likeness (QED) is 0.703. The van der Waals surface area contributed by atoms with Crippen molar-refractivity contribution >= 4 is 0 Å². The van der Waals surface area contributed by atoms with Gasteiger partial charge in [-0.1, -0.05) is 13.3 Å². The van der Waals surface area contributed by atoms with Gasteiger partial charge in [-0.05, 0) is 33.1 Å². The van der Waals surface area contributed by atoms with Gasteiger partial charge in [0.2, 0.25) is 0 Å². The molecular formula is C13H26N2. The Morgan fingerprint density at radius 2 is 1.67 bits per heavy atom. The number of piperazine rings is 1. The molecule has 15 heavy (non-hydrogen) atoms. The van der Waals surface area contributed by atoms with Gasteiger partial charge < -0.3 is 0 Å². The lowest BCUT2D eigenvalue weighted by atomic mass is 9.95. The first-order chi connectivity index (χ1) is 7.13. The molecule has 88 valence electrons. The van der Waals surface area contributed by atoms with Gasteiger partial charge in [0.15, 0.2) is 0 Å². The van der Waals surface area contributed by atoms with Crippen LogP contribution in [0, 0.1) is 0 Å². The largest absolute Gasteiger partial charge is 0.298 e. The minimum atomic E-state index is 0.421. The van der Waals surface area contributed by atoms with Crippen LogP contribution in [-0.2, 0) is 0 Å². The maximum atomic E-state index is 2.69. The summed E-state index contributed by atoms with van der Waals surface area (Å²) in [6, 6.07) is 0.960. The molecule has 1 aliphatic heterocycles. The maximum Gasteiger partial charge on any atom is 0.0154 e. The molecule has 1 saturated heterocycles. The van der Waals surface area contributed by atoms with Gasteiger partial charge in [0.05, 0.1) is 0 Å². The van der Waals surface area contributed by atoms with Crippen molar-refractivity contribution in [1.29, 1.82) is 0 Å². The highest BCUT2D eigenvalue weighted by molar-refractivity contribution is 4.91. The summed E-state index contributed by atoms with van der Waals surface area (Å²) in [4.78, 5) is 5.38. The zero-order valence-corrected chi connectivity index (χ0v) is 10.6. The molecule has 2 heteroatoms. The van der Waals surface area contributed by atoms with Gasteiger partial charge in [-0.3, -0.25) is 9.80 Å². The van der Waals surface area contributed by atoms with Crippen molar-refractivity contribution in [3.63, 3.8) is 0 Å². The Balaban J connectivity index is 1.81. The van der Waals surface area contributed by atoms with Crippen molar-refractivity contribution in [1.82, 2.24) is 9.80 Å². The van der Waals surface area contributed by atoms with Gasteiger partial charge in [0.25, 0.3) is 0 Å². The summed E-state index contributed by atoms with van der Waals surface area (Å²) in [6.07, 6.45) is 5.54. The zero-order chi connectivity index (χ0) is 10.9. The zero-order valence-electron chi connectivity index (χ0n) is 10.6. The summed E-state index contributed by atoms with van der Waals surface area (Å²) in [5, 5.41) is 0. The Kier molecular flexibility index (Phi) is 3.36. The van der Waals surface area contributed by atoms with Crippen molar-refractivity contribution in [2.75, 3.05) is 26.2 Å². The summed E-state index contributed by atoms with van der Waals surface area (Å²) >= 11 is 0. The first-order valence-corrected chi connectivity index (χ1v) is 6.62. The van der Waals surface area contributed by atoms with Crippen LogP contribution in [-0.4, -0.2) is 47.6 Å². The average Bonchev–Trinajstić information content (AvgIpc) is 3.01. The monoisotopic (exact) mass is 210 g/mol. The average molecular weight is 210 g/mol. The standard InChI is InChI=1S/C13H26N2/c1-4-7-13(2,3)15-10-8-14(9-11-15)12-5-6-12/h12H,4-11H2,1-3H3. The van der Waals surface area contributed by atoms with E-state index in [2.05, 4.69) is 30.6 Å². The van der Waals surface area contributed by atoms with Gasteiger partial charge in [-0.25, -0.2) is 0 Å².